The normalized spacial score (nSPS) is 16.9. The minimum Gasteiger partial charge on any atom is -0.459 e. The van der Waals surface area contributed by atoms with Crippen LogP contribution in [0.3, 0.4) is 0 Å². The molecule has 0 bridgehead atoms. The molecule has 7 nitrogen and oxygen atoms in total. The van der Waals surface area contributed by atoms with Gasteiger partial charge in [0.2, 0.25) is 11.0 Å². The van der Waals surface area contributed by atoms with Gasteiger partial charge in [-0.15, -0.1) is 10.2 Å². The van der Waals surface area contributed by atoms with Gasteiger partial charge in [0.15, 0.2) is 5.76 Å². The van der Waals surface area contributed by atoms with Gasteiger partial charge in [0, 0.05) is 24.6 Å². The van der Waals surface area contributed by atoms with Crippen LogP contribution in [0.25, 0.3) is 0 Å². The van der Waals surface area contributed by atoms with E-state index in [1.807, 2.05) is 31.2 Å². The number of hydrogen-bond acceptors (Lipinski definition) is 6. The van der Waals surface area contributed by atoms with Crippen LogP contribution < -0.4 is 10.2 Å². The lowest BCUT2D eigenvalue weighted by Gasteiger charge is -2.16. The first-order chi connectivity index (χ1) is 12.6. The molecular weight excluding hydrogens is 352 g/mol. The van der Waals surface area contributed by atoms with Crippen molar-refractivity contribution >= 4 is 34.0 Å². The fourth-order valence-corrected chi connectivity index (χ4v) is 3.76. The van der Waals surface area contributed by atoms with Gasteiger partial charge in [0.25, 0.3) is 5.91 Å². The summed E-state index contributed by atoms with van der Waals surface area (Å²) in [6.07, 6.45) is 1.82. The van der Waals surface area contributed by atoms with Gasteiger partial charge in [0.05, 0.1) is 6.26 Å². The predicted molar refractivity (Wildman–Crippen MR) is 97.5 cm³/mol. The van der Waals surface area contributed by atoms with E-state index in [-0.39, 0.29) is 23.5 Å². The fourth-order valence-electron chi connectivity index (χ4n) is 2.93. The summed E-state index contributed by atoms with van der Waals surface area (Å²) >= 11 is 1.28. The van der Waals surface area contributed by atoms with Crippen LogP contribution in [0.1, 0.15) is 33.5 Å². The molecule has 1 atom stereocenters. The van der Waals surface area contributed by atoms with E-state index in [0.29, 0.717) is 18.1 Å². The monoisotopic (exact) mass is 368 g/mol. The molecule has 1 aliphatic heterocycles. The van der Waals surface area contributed by atoms with Crippen molar-refractivity contribution in [2.75, 3.05) is 16.8 Å². The minimum atomic E-state index is -0.374. The number of aryl methyl sites for hydroxylation is 1. The number of nitrogens with one attached hydrogen (secondary N) is 1. The van der Waals surface area contributed by atoms with Crippen LogP contribution in [0.4, 0.5) is 10.8 Å². The van der Waals surface area contributed by atoms with E-state index in [1.54, 1.807) is 17.0 Å². The van der Waals surface area contributed by atoms with E-state index in [1.165, 1.54) is 17.6 Å². The van der Waals surface area contributed by atoms with Crippen molar-refractivity contribution in [2.24, 2.45) is 0 Å². The molecule has 2 amide bonds. The van der Waals surface area contributed by atoms with Crippen molar-refractivity contribution in [3.8, 4) is 0 Å². The van der Waals surface area contributed by atoms with Crippen LogP contribution in [-0.4, -0.2) is 28.6 Å². The van der Waals surface area contributed by atoms with E-state index < -0.39 is 0 Å². The smallest absolute Gasteiger partial charge is 0.293 e. The number of anilines is 2. The van der Waals surface area contributed by atoms with E-state index in [9.17, 15) is 9.59 Å². The van der Waals surface area contributed by atoms with Gasteiger partial charge in [-0.05, 0) is 36.8 Å². The van der Waals surface area contributed by atoms with Crippen molar-refractivity contribution in [3.63, 3.8) is 0 Å². The van der Waals surface area contributed by atoms with Gasteiger partial charge in [-0.3, -0.25) is 14.9 Å². The zero-order valence-electron chi connectivity index (χ0n) is 14.0. The second kappa shape index (κ2) is 6.72. The number of amides is 2. The van der Waals surface area contributed by atoms with Crippen molar-refractivity contribution in [1.82, 2.24) is 10.2 Å². The number of rotatable bonds is 4. The molecule has 1 saturated heterocycles. The van der Waals surface area contributed by atoms with Crippen LogP contribution in [0.2, 0.25) is 0 Å². The molecule has 1 unspecified atom stereocenters. The van der Waals surface area contributed by atoms with Gasteiger partial charge < -0.3 is 9.32 Å². The Labute approximate surface area is 153 Å². The zero-order valence-corrected chi connectivity index (χ0v) is 14.8. The molecule has 132 valence electrons. The van der Waals surface area contributed by atoms with Crippen LogP contribution in [0.5, 0.6) is 0 Å². The molecule has 3 aromatic rings. The van der Waals surface area contributed by atoms with Crippen LogP contribution in [0.15, 0.2) is 47.1 Å². The molecule has 26 heavy (non-hydrogen) atoms. The first kappa shape index (κ1) is 16.5. The molecule has 0 aliphatic carbocycles. The molecule has 1 fully saturated rings. The number of aromatic nitrogens is 2. The highest BCUT2D eigenvalue weighted by atomic mass is 32.1. The van der Waals surface area contributed by atoms with Gasteiger partial charge in [-0.25, -0.2) is 0 Å². The first-order valence-corrected chi connectivity index (χ1v) is 8.97. The maximum atomic E-state index is 12.4. The summed E-state index contributed by atoms with van der Waals surface area (Å²) in [6, 6.07) is 11.1. The molecule has 0 saturated carbocycles. The minimum absolute atomic E-state index is 0.0326. The van der Waals surface area contributed by atoms with Crippen LogP contribution in [-0.2, 0) is 4.79 Å². The number of carbonyl (C=O) groups excluding carboxylic acids is 2. The molecule has 1 N–H and O–H groups in total. The maximum absolute atomic E-state index is 12.4. The van der Waals surface area contributed by atoms with Gasteiger partial charge >= 0.3 is 0 Å². The summed E-state index contributed by atoms with van der Waals surface area (Å²) in [4.78, 5) is 26.2. The van der Waals surface area contributed by atoms with Crippen LogP contribution >= 0.6 is 11.3 Å². The standard InChI is InChI=1S/C18H16N4O3S/c1-11-4-2-5-13(8-11)22-10-12(9-15(22)23)17-20-21-18(26-17)19-16(24)14-6-3-7-25-14/h2-8,12H,9-10H2,1H3,(H,19,21,24). The third-order valence-corrected chi connectivity index (χ3v) is 5.19. The summed E-state index contributed by atoms with van der Waals surface area (Å²) in [7, 11) is 0. The van der Waals surface area contributed by atoms with Gasteiger partial charge in [-0.1, -0.05) is 23.5 Å². The Morgan fingerprint density at radius 3 is 2.96 bits per heavy atom. The average molecular weight is 368 g/mol. The lowest BCUT2D eigenvalue weighted by atomic mass is 10.1. The molecule has 3 heterocycles. The second-order valence-electron chi connectivity index (χ2n) is 6.12. The number of nitrogens with zero attached hydrogens (tertiary/aromatic N) is 3. The van der Waals surface area contributed by atoms with E-state index >= 15 is 0 Å². The van der Waals surface area contributed by atoms with Crippen LogP contribution in [0, 0.1) is 6.92 Å². The summed E-state index contributed by atoms with van der Waals surface area (Å²) in [6.45, 7) is 2.56. The Hall–Kier alpha value is -3.00. The number of hydrogen-bond donors (Lipinski definition) is 1. The average Bonchev–Trinajstić information content (AvgIpc) is 3.35. The third kappa shape index (κ3) is 3.23. The molecule has 2 aromatic heterocycles. The van der Waals surface area contributed by atoms with Crippen molar-refractivity contribution < 1.29 is 14.0 Å². The largest absolute Gasteiger partial charge is 0.459 e. The Bertz CT molecular complexity index is 951. The van der Waals surface area contributed by atoms with E-state index in [4.69, 9.17) is 4.42 Å². The highest BCUT2D eigenvalue weighted by Crippen LogP contribution is 2.34. The lowest BCUT2D eigenvalue weighted by molar-refractivity contribution is -0.117. The highest BCUT2D eigenvalue weighted by Gasteiger charge is 2.34. The second-order valence-corrected chi connectivity index (χ2v) is 7.13. The maximum Gasteiger partial charge on any atom is 0.293 e. The summed E-state index contributed by atoms with van der Waals surface area (Å²) in [5.74, 6) is -0.128. The molecule has 4 rings (SSSR count). The van der Waals surface area contributed by atoms with Gasteiger partial charge in [0.1, 0.15) is 5.01 Å². The molecular formula is C18H16N4O3S. The zero-order chi connectivity index (χ0) is 18.1. The van der Waals surface area contributed by atoms with Crippen molar-refractivity contribution in [2.45, 2.75) is 19.3 Å². The SMILES string of the molecule is Cc1cccc(N2CC(c3nnc(NC(=O)c4ccco4)s3)CC2=O)c1. The quantitative estimate of drug-likeness (QED) is 0.764. The molecule has 8 heteroatoms. The topological polar surface area (TPSA) is 88.3 Å². The van der Waals surface area contributed by atoms with Crippen molar-refractivity contribution in [3.05, 3.63) is 59.0 Å². The van der Waals surface area contributed by atoms with E-state index in [2.05, 4.69) is 15.5 Å². The summed E-state index contributed by atoms with van der Waals surface area (Å²) in [5, 5.41) is 12.0. The first-order valence-electron chi connectivity index (χ1n) is 8.15. The molecule has 0 radical (unpaired) electrons. The molecule has 1 aliphatic rings. The number of carbonyl (C=O) groups is 2. The number of furan rings is 1. The number of benzene rings is 1. The Balaban J connectivity index is 1.46. The summed E-state index contributed by atoms with van der Waals surface area (Å²) in [5.41, 5.74) is 2.01. The molecule has 0 spiro atoms. The predicted octanol–water partition coefficient (Wildman–Crippen LogP) is 3.21. The highest BCUT2D eigenvalue weighted by molar-refractivity contribution is 7.15. The Morgan fingerprint density at radius 1 is 1.31 bits per heavy atom. The van der Waals surface area contributed by atoms with Crippen molar-refractivity contribution in [1.29, 1.82) is 0 Å². The fraction of sp³-hybridized carbons (Fsp3) is 0.222. The Morgan fingerprint density at radius 2 is 2.19 bits per heavy atom. The van der Waals surface area contributed by atoms with Gasteiger partial charge in [-0.2, -0.15) is 0 Å². The molecule has 1 aromatic carbocycles. The Kier molecular flexibility index (Phi) is 4.26. The lowest BCUT2D eigenvalue weighted by Crippen LogP contribution is -2.24. The summed E-state index contributed by atoms with van der Waals surface area (Å²) < 4.78 is 5.05. The van der Waals surface area contributed by atoms with E-state index in [0.717, 1.165) is 16.3 Å². The third-order valence-electron chi connectivity index (χ3n) is 4.19.